The Morgan fingerprint density at radius 1 is 1.19 bits per heavy atom. The first kappa shape index (κ1) is 16.4. The third-order valence-corrected chi connectivity index (χ3v) is 4.83. The topological polar surface area (TPSA) is 29.3 Å². The Morgan fingerprint density at radius 3 is 2.62 bits per heavy atom. The summed E-state index contributed by atoms with van der Waals surface area (Å²) in [6, 6.07) is 5.01. The molecule has 1 unspecified atom stereocenters. The fourth-order valence-corrected chi connectivity index (χ4v) is 3.36. The molecule has 0 spiro atoms. The van der Waals surface area contributed by atoms with Crippen LogP contribution in [0.25, 0.3) is 0 Å². The summed E-state index contributed by atoms with van der Waals surface area (Å²) in [7, 11) is 0. The normalized spacial score (nSPS) is 21.3. The van der Waals surface area contributed by atoms with Gasteiger partial charge in [0.2, 0.25) is 0 Å². The number of benzene rings is 1. The second-order valence-corrected chi connectivity index (χ2v) is 7.39. The summed E-state index contributed by atoms with van der Waals surface area (Å²) < 4.78 is 13.3. The van der Waals surface area contributed by atoms with Crippen LogP contribution < -0.4 is 5.73 Å². The summed E-state index contributed by atoms with van der Waals surface area (Å²) >= 11 is 0. The van der Waals surface area contributed by atoms with Crippen LogP contribution in [0.2, 0.25) is 0 Å². The van der Waals surface area contributed by atoms with Gasteiger partial charge in [0.1, 0.15) is 5.82 Å². The lowest BCUT2D eigenvalue weighted by atomic mass is 9.77. The molecule has 0 radical (unpaired) electrons. The Balaban J connectivity index is 2.01. The molecule has 118 valence electrons. The van der Waals surface area contributed by atoms with E-state index in [4.69, 9.17) is 5.73 Å². The molecule has 21 heavy (non-hydrogen) atoms. The zero-order chi connectivity index (χ0) is 15.5. The molecule has 2 nitrogen and oxygen atoms in total. The van der Waals surface area contributed by atoms with Gasteiger partial charge in [0.05, 0.1) is 0 Å². The van der Waals surface area contributed by atoms with Gasteiger partial charge in [0, 0.05) is 13.1 Å². The molecular formula is C18H29FN2. The summed E-state index contributed by atoms with van der Waals surface area (Å²) in [6.07, 6.45) is 3.82. The highest BCUT2D eigenvalue weighted by Crippen LogP contribution is 2.34. The summed E-state index contributed by atoms with van der Waals surface area (Å²) in [4.78, 5) is 2.50. The van der Waals surface area contributed by atoms with Crippen molar-refractivity contribution in [3.63, 3.8) is 0 Å². The van der Waals surface area contributed by atoms with Gasteiger partial charge in [0.25, 0.3) is 0 Å². The molecule has 1 aliphatic heterocycles. The Bertz CT molecular complexity index is 465. The van der Waals surface area contributed by atoms with Crippen molar-refractivity contribution in [3.05, 3.63) is 35.1 Å². The molecule has 2 N–H and O–H groups in total. The molecule has 0 aromatic heterocycles. The first-order valence-corrected chi connectivity index (χ1v) is 8.10. The van der Waals surface area contributed by atoms with Crippen molar-refractivity contribution in [3.8, 4) is 0 Å². The molecule has 1 atom stereocenters. The van der Waals surface area contributed by atoms with Gasteiger partial charge in [-0.1, -0.05) is 26.8 Å². The Kier molecular flexibility index (Phi) is 5.39. The average molecular weight is 292 g/mol. The predicted molar refractivity (Wildman–Crippen MR) is 86.4 cm³/mol. The standard InChI is InChI=1S/C18H29FN2/c1-18(2,3)16-5-4-9-21(10-8-16)13-14-6-7-17(19)11-15(14)12-20/h6-7,11,16H,4-5,8-10,12-13,20H2,1-3H3. The molecular weight excluding hydrogens is 263 g/mol. The molecule has 0 bridgehead atoms. The highest BCUT2D eigenvalue weighted by atomic mass is 19.1. The smallest absolute Gasteiger partial charge is 0.123 e. The minimum absolute atomic E-state index is 0.192. The number of hydrogen-bond donors (Lipinski definition) is 1. The summed E-state index contributed by atoms with van der Waals surface area (Å²) in [5.74, 6) is 0.604. The quantitative estimate of drug-likeness (QED) is 0.914. The molecule has 0 amide bonds. The molecule has 1 heterocycles. The first-order chi connectivity index (χ1) is 9.90. The van der Waals surface area contributed by atoms with Crippen LogP contribution in [0.3, 0.4) is 0 Å². The average Bonchev–Trinajstić information content (AvgIpc) is 2.66. The summed E-state index contributed by atoms with van der Waals surface area (Å²) in [6.45, 7) is 10.6. The Hall–Kier alpha value is -0.930. The Morgan fingerprint density at radius 2 is 1.95 bits per heavy atom. The van der Waals surface area contributed by atoms with Crippen molar-refractivity contribution >= 4 is 0 Å². The molecule has 1 saturated heterocycles. The molecule has 1 aromatic carbocycles. The van der Waals surface area contributed by atoms with E-state index >= 15 is 0 Å². The van der Waals surface area contributed by atoms with Crippen LogP contribution in [-0.4, -0.2) is 18.0 Å². The fourth-order valence-electron chi connectivity index (χ4n) is 3.36. The fraction of sp³-hybridized carbons (Fsp3) is 0.667. The van der Waals surface area contributed by atoms with Crippen LogP contribution >= 0.6 is 0 Å². The second-order valence-electron chi connectivity index (χ2n) is 7.39. The van der Waals surface area contributed by atoms with Crippen LogP contribution in [0, 0.1) is 17.2 Å². The van der Waals surface area contributed by atoms with Gasteiger partial charge in [-0.05, 0) is 66.9 Å². The maximum atomic E-state index is 13.3. The second kappa shape index (κ2) is 6.89. The van der Waals surface area contributed by atoms with Crippen molar-refractivity contribution in [1.82, 2.24) is 4.90 Å². The van der Waals surface area contributed by atoms with Crippen molar-refractivity contribution in [2.75, 3.05) is 13.1 Å². The van der Waals surface area contributed by atoms with Crippen molar-refractivity contribution in [1.29, 1.82) is 0 Å². The number of halogens is 1. The van der Waals surface area contributed by atoms with Crippen LogP contribution in [0.5, 0.6) is 0 Å². The number of likely N-dealkylation sites (tertiary alicyclic amines) is 1. The van der Waals surface area contributed by atoms with Gasteiger partial charge in [-0.2, -0.15) is 0 Å². The van der Waals surface area contributed by atoms with E-state index in [1.165, 1.54) is 24.8 Å². The zero-order valence-electron chi connectivity index (χ0n) is 13.7. The number of nitrogens with two attached hydrogens (primary N) is 1. The lowest BCUT2D eigenvalue weighted by Crippen LogP contribution is -2.26. The van der Waals surface area contributed by atoms with Crippen LogP contribution in [0.15, 0.2) is 18.2 Å². The van der Waals surface area contributed by atoms with E-state index in [0.29, 0.717) is 12.0 Å². The van der Waals surface area contributed by atoms with E-state index in [-0.39, 0.29) is 5.82 Å². The maximum Gasteiger partial charge on any atom is 0.123 e. The lowest BCUT2D eigenvalue weighted by Gasteiger charge is -2.30. The van der Waals surface area contributed by atoms with E-state index in [2.05, 4.69) is 25.7 Å². The van der Waals surface area contributed by atoms with Crippen LogP contribution in [0.1, 0.15) is 51.2 Å². The number of hydrogen-bond acceptors (Lipinski definition) is 2. The molecule has 3 heteroatoms. The number of rotatable bonds is 3. The van der Waals surface area contributed by atoms with Gasteiger partial charge in [-0.3, -0.25) is 4.90 Å². The first-order valence-electron chi connectivity index (χ1n) is 8.10. The van der Waals surface area contributed by atoms with Crippen molar-refractivity contribution < 1.29 is 4.39 Å². The van der Waals surface area contributed by atoms with E-state index in [9.17, 15) is 4.39 Å². The monoisotopic (exact) mass is 292 g/mol. The molecule has 2 rings (SSSR count). The van der Waals surface area contributed by atoms with Gasteiger partial charge >= 0.3 is 0 Å². The molecule has 1 fully saturated rings. The molecule has 0 aliphatic carbocycles. The zero-order valence-corrected chi connectivity index (χ0v) is 13.7. The predicted octanol–water partition coefficient (Wildman–Crippen LogP) is 3.93. The third-order valence-electron chi connectivity index (χ3n) is 4.83. The number of nitrogens with zero attached hydrogens (tertiary/aromatic N) is 1. The molecule has 1 aliphatic rings. The third kappa shape index (κ3) is 4.52. The van der Waals surface area contributed by atoms with Crippen molar-refractivity contribution in [2.24, 2.45) is 17.1 Å². The van der Waals surface area contributed by atoms with Gasteiger partial charge in [0.15, 0.2) is 0 Å². The highest BCUT2D eigenvalue weighted by molar-refractivity contribution is 5.27. The molecule has 0 saturated carbocycles. The van der Waals surface area contributed by atoms with E-state index in [0.717, 1.165) is 31.1 Å². The van der Waals surface area contributed by atoms with Gasteiger partial charge in [-0.25, -0.2) is 4.39 Å². The highest BCUT2D eigenvalue weighted by Gasteiger charge is 2.27. The minimum atomic E-state index is -0.192. The van der Waals surface area contributed by atoms with E-state index in [1.807, 2.05) is 6.07 Å². The van der Waals surface area contributed by atoms with Gasteiger partial charge < -0.3 is 5.73 Å². The van der Waals surface area contributed by atoms with Crippen LogP contribution in [-0.2, 0) is 13.1 Å². The van der Waals surface area contributed by atoms with Crippen LogP contribution in [0.4, 0.5) is 4.39 Å². The van der Waals surface area contributed by atoms with E-state index in [1.54, 1.807) is 12.1 Å². The Labute approximate surface area is 128 Å². The van der Waals surface area contributed by atoms with E-state index < -0.39 is 0 Å². The SMILES string of the molecule is CC(C)(C)C1CCCN(Cc2ccc(F)cc2CN)CC1. The molecule has 1 aromatic rings. The maximum absolute atomic E-state index is 13.3. The minimum Gasteiger partial charge on any atom is -0.326 e. The summed E-state index contributed by atoms with van der Waals surface area (Å²) in [5, 5.41) is 0. The van der Waals surface area contributed by atoms with Crippen molar-refractivity contribution in [2.45, 2.75) is 53.1 Å². The summed E-state index contributed by atoms with van der Waals surface area (Å²) in [5.41, 5.74) is 8.26. The largest absolute Gasteiger partial charge is 0.326 e. The lowest BCUT2D eigenvalue weighted by molar-refractivity contribution is 0.206. The van der Waals surface area contributed by atoms with Gasteiger partial charge in [-0.15, -0.1) is 0 Å².